The van der Waals surface area contributed by atoms with Crippen molar-refractivity contribution in [3.8, 4) is 0 Å². The van der Waals surface area contributed by atoms with Crippen molar-refractivity contribution in [1.29, 1.82) is 0 Å². The molecule has 4 atom stereocenters. The van der Waals surface area contributed by atoms with Gasteiger partial charge in [0.15, 0.2) is 5.70 Å². The number of carbonyl (C=O) groups excluding carboxylic acids is 1. The molecule has 6 rings (SSSR count). The van der Waals surface area contributed by atoms with E-state index >= 15 is 0 Å². The molecule has 1 aliphatic heterocycles. The van der Waals surface area contributed by atoms with Gasteiger partial charge in [-0.3, -0.25) is 0 Å². The maximum Gasteiger partial charge on any atom is 0.363 e. The lowest BCUT2D eigenvalue weighted by molar-refractivity contribution is -0.131. The number of furan rings is 1. The highest BCUT2D eigenvalue weighted by Gasteiger charge is 2.60. The fraction of sp³-hybridized carbons (Fsp3) is 0.579. The Hall–Kier alpha value is -1.55. The average molecular weight is 346 g/mol. The minimum absolute atomic E-state index is 0.121. The summed E-state index contributed by atoms with van der Waals surface area (Å²) in [4.78, 5) is 16.7. The molecule has 4 saturated carbocycles. The number of rotatable bonds is 2. The number of cyclic esters (lactones) is 1. The lowest BCUT2D eigenvalue weighted by Crippen LogP contribution is -2.56. The van der Waals surface area contributed by atoms with Gasteiger partial charge in [0.05, 0.1) is 0 Å². The standard InChI is InChI=1S/C19H20ClNO3/c1-11-2-3-14(23-11)5-15-16(22)24-17(21-15)18-6-12-4-13(7-18)9-19(20,8-12)10-18/h2-3,5,12-13H,4,6-10H2,1H3/b15-5-/t12-,13+,18?,19?. The molecule has 2 unspecified atom stereocenters. The first kappa shape index (κ1) is 14.8. The van der Waals surface area contributed by atoms with Gasteiger partial charge < -0.3 is 9.15 Å². The minimum Gasteiger partial charge on any atom is -0.462 e. The topological polar surface area (TPSA) is 51.8 Å². The fourth-order valence-corrected chi connectivity index (χ4v) is 6.39. The number of aryl methyl sites for hydroxylation is 1. The molecule has 5 heteroatoms. The molecule has 0 spiro atoms. The zero-order valence-electron chi connectivity index (χ0n) is 13.7. The highest BCUT2D eigenvalue weighted by Crippen LogP contribution is 2.64. The zero-order valence-corrected chi connectivity index (χ0v) is 14.4. The molecule has 0 N–H and O–H groups in total. The lowest BCUT2D eigenvalue weighted by Gasteiger charge is -2.59. The molecule has 0 amide bonds. The molecule has 1 aromatic rings. The van der Waals surface area contributed by atoms with Crippen LogP contribution < -0.4 is 0 Å². The summed E-state index contributed by atoms with van der Waals surface area (Å²) in [6, 6.07) is 3.70. The van der Waals surface area contributed by atoms with E-state index < -0.39 is 0 Å². The normalized spacial score (nSPS) is 41.8. The summed E-state index contributed by atoms with van der Waals surface area (Å²) < 4.78 is 11.1. The Kier molecular flexibility index (Phi) is 2.92. The second-order valence-electron chi connectivity index (χ2n) is 8.18. The average Bonchev–Trinajstić information content (AvgIpc) is 3.04. The van der Waals surface area contributed by atoms with Crippen LogP contribution >= 0.6 is 11.6 Å². The molecular weight excluding hydrogens is 326 g/mol. The van der Waals surface area contributed by atoms with Gasteiger partial charge >= 0.3 is 5.97 Å². The molecule has 1 aromatic heterocycles. The monoisotopic (exact) mass is 345 g/mol. The Morgan fingerprint density at radius 3 is 2.62 bits per heavy atom. The number of carbonyl (C=O) groups is 1. The van der Waals surface area contributed by atoms with Crippen molar-refractivity contribution in [2.24, 2.45) is 22.2 Å². The second kappa shape index (κ2) is 4.75. The molecule has 0 saturated heterocycles. The summed E-state index contributed by atoms with van der Waals surface area (Å²) in [5, 5.41) is 0. The van der Waals surface area contributed by atoms with Crippen molar-refractivity contribution in [3.05, 3.63) is 29.4 Å². The van der Waals surface area contributed by atoms with Gasteiger partial charge in [-0.05, 0) is 69.4 Å². The molecule has 4 fully saturated rings. The van der Waals surface area contributed by atoms with Gasteiger partial charge in [-0.1, -0.05) is 0 Å². The van der Waals surface area contributed by atoms with Crippen molar-refractivity contribution in [1.82, 2.24) is 0 Å². The van der Waals surface area contributed by atoms with Crippen LogP contribution in [0, 0.1) is 24.2 Å². The predicted molar refractivity (Wildman–Crippen MR) is 90.6 cm³/mol. The molecule has 4 nitrogen and oxygen atoms in total. The van der Waals surface area contributed by atoms with Crippen molar-refractivity contribution >= 4 is 29.5 Å². The highest BCUT2D eigenvalue weighted by molar-refractivity contribution is 6.24. The number of halogens is 1. The van der Waals surface area contributed by atoms with E-state index in [1.54, 1.807) is 6.08 Å². The Balaban J connectivity index is 1.50. The minimum atomic E-state index is -0.376. The van der Waals surface area contributed by atoms with Crippen LogP contribution in [0.5, 0.6) is 0 Å². The van der Waals surface area contributed by atoms with Crippen LogP contribution in [0.1, 0.15) is 50.0 Å². The van der Waals surface area contributed by atoms with Crippen LogP contribution in [-0.4, -0.2) is 16.7 Å². The Morgan fingerprint density at radius 2 is 2.00 bits per heavy atom. The third kappa shape index (κ3) is 2.19. The van der Waals surface area contributed by atoms with E-state index in [2.05, 4.69) is 4.99 Å². The molecule has 0 radical (unpaired) electrons. The van der Waals surface area contributed by atoms with Gasteiger partial charge in [0.25, 0.3) is 0 Å². The van der Waals surface area contributed by atoms with Crippen LogP contribution in [-0.2, 0) is 9.53 Å². The number of nitrogens with zero attached hydrogens (tertiary/aromatic N) is 1. The van der Waals surface area contributed by atoms with Crippen LogP contribution in [0.3, 0.4) is 0 Å². The van der Waals surface area contributed by atoms with E-state index in [9.17, 15) is 4.79 Å². The van der Waals surface area contributed by atoms with Crippen LogP contribution in [0.15, 0.2) is 27.2 Å². The number of alkyl halides is 1. The summed E-state index contributed by atoms with van der Waals surface area (Å²) in [7, 11) is 0. The first-order valence-corrected chi connectivity index (χ1v) is 9.09. The van der Waals surface area contributed by atoms with Gasteiger partial charge in [0.1, 0.15) is 11.5 Å². The highest BCUT2D eigenvalue weighted by atomic mass is 35.5. The molecule has 4 aliphatic carbocycles. The summed E-state index contributed by atoms with van der Waals surface area (Å²) >= 11 is 6.88. The maximum atomic E-state index is 12.3. The Labute approximate surface area is 145 Å². The van der Waals surface area contributed by atoms with E-state index in [4.69, 9.17) is 20.8 Å². The number of hydrogen-bond donors (Lipinski definition) is 0. The zero-order chi connectivity index (χ0) is 16.5. The molecule has 2 heterocycles. The summed E-state index contributed by atoms with van der Waals surface area (Å²) in [6.45, 7) is 1.87. The van der Waals surface area contributed by atoms with Gasteiger partial charge in [-0.15, -0.1) is 11.6 Å². The number of aliphatic imine (C=N–C) groups is 1. The van der Waals surface area contributed by atoms with Crippen molar-refractivity contribution in [3.63, 3.8) is 0 Å². The van der Waals surface area contributed by atoms with Crippen LogP contribution in [0.4, 0.5) is 0 Å². The number of hydrogen-bond acceptors (Lipinski definition) is 4. The largest absolute Gasteiger partial charge is 0.462 e. The van der Waals surface area contributed by atoms with E-state index in [0.29, 0.717) is 29.2 Å². The fourth-order valence-electron chi connectivity index (χ4n) is 5.70. The third-order valence-corrected chi connectivity index (χ3v) is 6.55. The molecular formula is C19H20ClNO3. The van der Waals surface area contributed by atoms with Crippen LogP contribution in [0.25, 0.3) is 6.08 Å². The summed E-state index contributed by atoms with van der Waals surface area (Å²) in [5.74, 6) is 2.95. The van der Waals surface area contributed by atoms with Crippen LogP contribution in [0.2, 0.25) is 0 Å². The lowest BCUT2D eigenvalue weighted by atomic mass is 9.49. The Morgan fingerprint density at radius 1 is 1.25 bits per heavy atom. The smallest absolute Gasteiger partial charge is 0.363 e. The van der Waals surface area contributed by atoms with E-state index in [-0.39, 0.29) is 16.3 Å². The van der Waals surface area contributed by atoms with Crippen molar-refractivity contribution < 1.29 is 13.9 Å². The van der Waals surface area contributed by atoms with Gasteiger partial charge in [0.2, 0.25) is 5.90 Å². The second-order valence-corrected chi connectivity index (χ2v) is 8.98. The van der Waals surface area contributed by atoms with Gasteiger partial charge in [-0.2, -0.15) is 0 Å². The molecule has 126 valence electrons. The van der Waals surface area contributed by atoms with E-state index in [1.807, 2.05) is 19.1 Å². The van der Waals surface area contributed by atoms with E-state index in [0.717, 1.165) is 37.9 Å². The predicted octanol–water partition coefficient (Wildman–Crippen LogP) is 4.46. The molecule has 0 aromatic carbocycles. The summed E-state index contributed by atoms with van der Waals surface area (Å²) in [5.41, 5.74) is 0.189. The first-order valence-electron chi connectivity index (χ1n) is 8.72. The van der Waals surface area contributed by atoms with Gasteiger partial charge in [-0.25, -0.2) is 9.79 Å². The molecule has 5 aliphatic rings. The SMILES string of the molecule is Cc1ccc(/C=C2\N=C(C34C[C@@H]5C[C@@H](CC(Cl)(C5)C3)C4)OC2=O)o1. The number of ether oxygens (including phenoxy) is 1. The van der Waals surface area contributed by atoms with Crippen molar-refractivity contribution in [2.45, 2.75) is 50.3 Å². The maximum absolute atomic E-state index is 12.3. The van der Waals surface area contributed by atoms with E-state index in [1.165, 1.54) is 6.42 Å². The first-order chi connectivity index (χ1) is 11.4. The molecule has 4 bridgehead atoms. The van der Waals surface area contributed by atoms with Gasteiger partial charge in [0, 0.05) is 16.4 Å². The number of esters is 1. The third-order valence-electron chi connectivity index (χ3n) is 6.10. The Bertz CT molecular complexity index is 776. The van der Waals surface area contributed by atoms with Crippen molar-refractivity contribution in [2.75, 3.05) is 0 Å². The summed E-state index contributed by atoms with van der Waals surface area (Å²) in [6.07, 6.45) is 8.12. The quantitative estimate of drug-likeness (QED) is 0.451. The molecule has 24 heavy (non-hydrogen) atoms.